The number of rotatable bonds is 4. The molecule has 27 heavy (non-hydrogen) atoms. The van der Waals surface area contributed by atoms with Crippen molar-refractivity contribution in [1.82, 2.24) is 15.2 Å². The van der Waals surface area contributed by atoms with E-state index in [1.165, 1.54) is 15.8 Å². The van der Waals surface area contributed by atoms with Crippen LogP contribution < -0.4 is 5.32 Å². The number of carbonyl (C=O) groups excluding carboxylic acids is 1. The van der Waals surface area contributed by atoms with E-state index < -0.39 is 0 Å². The molecular formula is C21H22N4OS. The number of hydrogen-bond donors (Lipinski definition) is 2. The molecule has 1 saturated heterocycles. The fourth-order valence-electron chi connectivity index (χ4n) is 3.75. The first-order chi connectivity index (χ1) is 13.3. The number of benzene rings is 1. The smallest absolute Gasteiger partial charge is 0.317 e. The molecule has 1 aliphatic heterocycles. The van der Waals surface area contributed by atoms with Crippen molar-refractivity contribution < 1.29 is 4.79 Å². The van der Waals surface area contributed by atoms with Gasteiger partial charge in [-0.2, -0.15) is 5.26 Å². The van der Waals surface area contributed by atoms with Gasteiger partial charge in [0.2, 0.25) is 0 Å². The zero-order valence-electron chi connectivity index (χ0n) is 15.0. The van der Waals surface area contributed by atoms with Crippen molar-refractivity contribution in [2.24, 2.45) is 5.92 Å². The highest BCUT2D eigenvalue weighted by molar-refractivity contribution is 7.10. The van der Waals surface area contributed by atoms with Crippen LogP contribution in [0, 0.1) is 17.2 Å². The van der Waals surface area contributed by atoms with Crippen LogP contribution in [0.5, 0.6) is 0 Å². The second kappa shape index (κ2) is 7.85. The number of likely N-dealkylation sites (tertiary alicyclic amines) is 1. The van der Waals surface area contributed by atoms with Gasteiger partial charge in [-0.1, -0.05) is 24.3 Å². The van der Waals surface area contributed by atoms with Gasteiger partial charge >= 0.3 is 6.03 Å². The van der Waals surface area contributed by atoms with Crippen LogP contribution in [0.3, 0.4) is 0 Å². The van der Waals surface area contributed by atoms with Crippen LogP contribution >= 0.6 is 11.3 Å². The number of nitriles is 1. The topological polar surface area (TPSA) is 71.9 Å². The first-order valence-electron chi connectivity index (χ1n) is 9.28. The molecule has 0 bridgehead atoms. The monoisotopic (exact) mass is 378 g/mol. The Bertz CT molecular complexity index is 948. The number of hydrogen-bond acceptors (Lipinski definition) is 3. The molecule has 1 aromatic carbocycles. The lowest BCUT2D eigenvalue weighted by Gasteiger charge is -2.29. The molecule has 3 heterocycles. The van der Waals surface area contributed by atoms with Crippen molar-refractivity contribution >= 4 is 28.3 Å². The van der Waals surface area contributed by atoms with Gasteiger partial charge in [-0.15, -0.1) is 11.3 Å². The van der Waals surface area contributed by atoms with E-state index >= 15 is 0 Å². The van der Waals surface area contributed by atoms with Crippen molar-refractivity contribution in [2.75, 3.05) is 19.6 Å². The average molecular weight is 379 g/mol. The number of para-hydroxylation sites is 1. The van der Waals surface area contributed by atoms with Gasteiger partial charge < -0.3 is 15.2 Å². The third-order valence-electron chi connectivity index (χ3n) is 5.31. The van der Waals surface area contributed by atoms with Crippen LogP contribution in [0.25, 0.3) is 10.9 Å². The molecule has 3 aromatic rings. The molecule has 138 valence electrons. The van der Waals surface area contributed by atoms with Crippen LogP contribution in [0.2, 0.25) is 0 Å². The standard InChI is InChI=1S/C21H22N4OS/c22-12-15-7-9-25(10-8-15)21(26)24-14-18(20-6-3-11-27-20)17-13-23-19-5-2-1-4-16(17)19/h1-6,11,13,15,18,23H,7-10,14H2,(H,24,26). The first kappa shape index (κ1) is 17.6. The summed E-state index contributed by atoms with van der Waals surface area (Å²) in [4.78, 5) is 19.0. The summed E-state index contributed by atoms with van der Waals surface area (Å²) in [6.45, 7) is 1.86. The van der Waals surface area contributed by atoms with Gasteiger partial charge in [-0.25, -0.2) is 4.79 Å². The van der Waals surface area contributed by atoms with E-state index in [9.17, 15) is 4.79 Å². The van der Waals surface area contributed by atoms with E-state index in [4.69, 9.17) is 5.26 Å². The Morgan fingerprint density at radius 2 is 2.11 bits per heavy atom. The lowest BCUT2D eigenvalue weighted by atomic mass is 9.96. The van der Waals surface area contributed by atoms with Crippen LogP contribution in [0.15, 0.2) is 48.0 Å². The predicted octanol–water partition coefficient (Wildman–Crippen LogP) is 4.31. The van der Waals surface area contributed by atoms with Crippen LogP contribution in [-0.2, 0) is 0 Å². The Morgan fingerprint density at radius 1 is 1.30 bits per heavy atom. The van der Waals surface area contributed by atoms with Crippen LogP contribution in [-0.4, -0.2) is 35.5 Å². The third kappa shape index (κ3) is 3.69. The molecule has 0 saturated carbocycles. The van der Waals surface area contributed by atoms with Crippen molar-refractivity contribution in [2.45, 2.75) is 18.8 Å². The molecule has 0 spiro atoms. The summed E-state index contributed by atoms with van der Waals surface area (Å²) in [5.41, 5.74) is 2.32. The number of fused-ring (bicyclic) bond motifs is 1. The molecule has 1 aliphatic rings. The number of aromatic amines is 1. The molecule has 2 N–H and O–H groups in total. The van der Waals surface area contributed by atoms with Gasteiger partial charge in [-0.05, 0) is 35.9 Å². The van der Waals surface area contributed by atoms with Gasteiger partial charge in [0, 0.05) is 53.4 Å². The maximum atomic E-state index is 12.6. The van der Waals surface area contributed by atoms with Crippen LogP contribution in [0.1, 0.15) is 29.2 Å². The van der Waals surface area contributed by atoms with E-state index in [1.54, 1.807) is 11.3 Å². The maximum absolute atomic E-state index is 12.6. The van der Waals surface area contributed by atoms with E-state index in [1.807, 2.05) is 17.0 Å². The number of nitrogens with one attached hydrogen (secondary N) is 2. The number of H-pyrrole nitrogens is 1. The minimum atomic E-state index is -0.0345. The quantitative estimate of drug-likeness (QED) is 0.710. The zero-order valence-corrected chi connectivity index (χ0v) is 15.8. The molecule has 6 heteroatoms. The highest BCUT2D eigenvalue weighted by Gasteiger charge is 2.24. The SMILES string of the molecule is N#CC1CCN(C(=O)NCC(c2cccs2)c2c[nH]c3ccccc23)CC1. The number of nitrogens with zero attached hydrogens (tertiary/aromatic N) is 2. The van der Waals surface area contributed by atoms with E-state index in [2.05, 4.69) is 52.2 Å². The number of amides is 2. The number of urea groups is 1. The highest BCUT2D eigenvalue weighted by atomic mass is 32.1. The lowest BCUT2D eigenvalue weighted by Crippen LogP contribution is -2.45. The summed E-state index contributed by atoms with van der Waals surface area (Å²) >= 11 is 1.71. The number of carbonyl (C=O) groups is 1. The summed E-state index contributed by atoms with van der Waals surface area (Å²) in [6, 6.07) is 14.7. The van der Waals surface area contributed by atoms with Gasteiger partial charge in [0.15, 0.2) is 0 Å². The Labute approximate surface area is 162 Å². The summed E-state index contributed by atoms with van der Waals surface area (Å²) in [5.74, 6) is 0.195. The normalized spacial score (nSPS) is 16.2. The van der Waals surface area contributed by atoms with Crippen molar-refractivity contribution in [1.29, 1.82) is 5.26 Å². The van der Waals surface area contributed by atoms with E-state index in [-0.39, 0.29) is 17.9 Å². The van der Waals surface area contributed by atoms with Gasteiger partial charge in [-0.3, -0.25) is 0 Å². The molecular weight excluding hydrogens is 356 g/mol. The minimum absolute atomic E-state index is 0.0345. The third-order valence-corrected chi connectivity index (χ3v) is 6.29. The van der Waals surface area contributed by atoms with Crippen molar-refractivity contribution in [3.05, 3.63) is 58.4 Å². The van der Waals surface area contributed by atoms with E-state index in [0.29, 0.717) is 19.6 Å². The molecule has 2 aromatic heterocycles. The summed E-state index contributed by atoms with van der Waals surface area (Å²) in [6.07, 6.45) is 3.58. The highest BCUT2D eigenvalue weighted by Crippen LogP contribution is 2.32. The molecule has 0 aliphatic carbocycles. The predicted molar refractivity (Wildman–Crippen MR) is 108 cm³/mol. The Kier molecular flexibility index (Phi) is 5.12. The molecule has 5 nitrogen and oxygen atoms in total. The number of piperidine rings is 1. The fourth-order valence-corrected chi connectivity index (χ4v) is 4.59. The molecule has 2 amide bonds. The van der Waals surface area contributed by atoms with E-state index in [0.717, 1.165) is 18.4 Å². The minimum Gasteiger partial charge on any atom is -0.361 e. The van der Waals surface area contributed by atoms with Gasteiger partial charge in [0.25, 0.3) is 0 Å². The molecule has 1 unspecified atom stereocenters. The lowest BCUT2D eigenvalue weighted by molar-refractivity contribution is 0.179. The summed E-state index contributed by atoms with van der Waals surface area (Å²) in [5, 5.41) is 15.4. The summed E-state index contributed by atoms with van der Waals surface area (Å²) < 4.78 is 0. The zero-order chi connectivity index (χ0) is 18.6. The Hall–Kier alpha value is -2.78. The largest absolute Gasteiger partial charge is 0.361 e. The first-order valence-corrected chi connectivity index (χ1v) is 10.2. The summed E-state index contributed by atoms with van der Waals surface area (Å²) in [7, 11) is 0. The second-order valence-electron chi connectivity index (χ2n) is 6.93. The van der Waals surface area contributed by atoms with Crippen LogP contribution in [0.4, 0.5) is 4.79 Å². The molecule has 1 fully saturated rings. The maximum Gasteiger partial charge on any atom is 0.317 e. The molecule has 0 radical (unpaired) electrons. The molecule has 1 atom stereocenters. The average Bonchev–Trinajstić information content (AvgIpc) is 3.39. The van der Waals surface area contributed by atoms with Crippen molar-refractivity contribution in [3.8, 4) is 6.07 Å². The Morgan fingerprint density at radius 3 is 2.85 bits per heavy atom. The van der Waals surface area contributed by atoms with Gasteiger partial charge in [0.1, 0.15) is 0 Å². The van der Waals surface area contributed by atoms with Crippen molar-refractivity contribution in [3.63, 3.8) is 0 Å². The fraction of sp³-hybridized carbons (Fsp3) is 0.333. The van der Waals surface area contributed by atoms with Gasteiger partial charge in [0.05, 0.1) is 6.07 Å². The number of aromatic nitrogens is 1. The molecule has 4 rings (SSSR count). The second-order valence-corrected chi connectivity index (χ2v) is 7.91. The Balaban J connectivity index is 1.50. The number of thiophene rings is 1.